The van der Waals surface area contributed by atoms with Crippen LogP contribution in [0.25, 0.3) is 11.1 Å². The molecule has 2 fully saturated rings. The van der Waals surface area contributed by atoms with Crippen LogP contribution in [0, 0.1) is 24.6 Å². The first-order valence-electron chi connectivity index (χ1n) is 14.0. The molecule has 7 heteroatoms. The van der Waals surface area contributed by atoms with E-state index in [4.69, 9.17) is 15.2 Å². The van der Waals surface area contributed by atoms with Gasteiger partial charge in [-0.1, -0.05) is 18.2 Å². The van der Waals surface area contributed by atoms with Crippen molar-refractivity contribution in [1.82, 2.24) is 4.90 Å². The number of benzene rings is 2. The molecule has 1 aliphatic carbocycles. The Labute approximate surface area is 226 Å². The lowest BCUT2D eigenvalue weighted by molar-refractivity contribution is -0.140. The molecule has 2 aromatic rings. The number of carbonyl (C=O) groups excluding carboxylic acids is 1. The van der Waals surface area contributed by atoms with E-state index in [0.717, 1.165) is 50.5 Å². The number of hydrogen-bond donors (Lipinski definition) is 2. The number of aliphatic hydroxyl groups is 1. The van der Waals surface area contributed by atoms with Crippen LogP contribution in [0.5, 0.6) is 5.75 Å². The number of likely N-dealkylation sites (tertiary alicyclic amines) is 1. The molecule has 0 aromatic heterocycles. The highest BCUT2D eigenvalue weighted by atomic mass is 19.1. The molecule has 0 bridgehead atoms. The molecular formula is C31H43FN2O4. The van der Waals surface area contributed by atoms with E-state index >= 15 is 4.39 Å². The molecular weight excluding hydrogens is 483 g/mol. The van der Waals surface area contributed by atoms with Gasteiger partial charge in [-0.05, 0) is 93.2 Å². The van der Waals surface area contributed by atoms with E-state index in [0.29, 0.717) is 48.6 Å². The molecule has 2 aliphatic rings. The number of amides is 1. The average molecular weight is 527 g/mol. The Bertz CT molecular complexity index is 1110. The Morgan fingerprint density at radius 1 is 1.18 bits per heavy atom. The molecule has 1 heterocycles. The molecule has 38 heavy (non-hydrogen) atoms. The largest absolute Gasteiger partial charge is 0.497 e. The summed E-state index contributed by atoms with van der Waals surface area (Å²) in [6.45, 7) is 3.69. The van der Waals surface area contributed by atoms with Crippen molar-refractivity contribution < 1.29 is 23.8 Å². The van der Waals surface area contributed by atoms with Crippen LogP contribution in [-0.4, -0.2) is 55.9 Å². The first-order valence-corrected chi connectivity index (χ1v) is 14.0. The highest BCUT2D eigenvalue weighted by Crippen LogP contribution is 2.45. The van der Waals surface area contributed by atoms with Gasteiger partial charge in [-0.15, -0.1) is 0 Å². The van der Waals surface area contributed by atoms with E-state index in [1.165, 1.54) is 6.07 Å². The number of methoxy groups -OCH3 is 2. The van der Waals surface area contributed by atoms with Gasteiger partial charge in [0, 0.05) is 50.2 Å². The maximum atomic E-state index is 15.6. The summed E-state index contributed by atoms with van der Waals surface area (Å²) < 4.78 is 26.4. The lowest BCUT2D eigenvalue weighted by atomic mass is 9.71. The Hall–Kier alpha value is -2.48. The third kappa shape index (κ3) is 6.22. The van der Waals surface area contributed by atoms with Gasteiger partial charge in [0.25, 0.3) is 0 Å². The number of nitrogens with two attached hydrogens (primary N) is 1. The van der Waals surface area contributed by atoms with Gasteiger partial charge < -0.3 is 25.2 Å². The Balaban J connectivity index is 1.72. The zero-order chi connectivity index (χ0) is 27.3. The summed E-state index contributed by atoms with van der Waals surface area (Å²) in [5, 5.41) is 12.6. The monoisotopic (exact) mass is 526 g/mol. The first-order chi connectivity index (χ1) is 18.3. The molecule has 2 unspecified atom stereocenters. The van der Waals surface area contributed by atoms with Crippen LogP contribution in [0.3, 0.4) is 0 Å². The van der Waals surface area contributed by atoms with Crippen LogP contribution in [0.4, 0.5) is 4.39 Å². The van der Waals surface area contributed by atoms with Crippen LogP contribution in [0.2, 0.25) is 0 Å². The van der Waals surface area contributed by atoms with Crippen molar-refractivity contribution in [1.29, 1.82) is 0 Å². The Kier molecular flexibility index (Phi) is 9.45. The van der Waals surface area contributed by atoms with Gasteiger partial charge in [0.1, 0.15) is 11.6 Å². The van der Waals surface area contributed by atoms with Crippen molar-refractivity contribution in [2.24, 2.45) is 17.6 Å². The van der Waals surface area contributed by atoms with Gasteiger partial charge in [0.05, 0.1) is 12.7 Å². The van der Waals surface area contributed by atoms with Crippen molar-refractivity contribution >= 4 is 5.91 Å². The number of halogens is 1. The molecule has 1 amide bonds. The number of rotatable bonds is 10. The third-order valence-electron chi connectivity index (χ3n) is 8.44. The summed E-state index contributed by atoms with van der Waals surface area (Å²) in [5.74, 6) is 0.150. The van der Waals surface area contributed by atoms with Gasteiger partial charge in [-0.2, -0.15) is 0 Å². The van der Waals surface area contributed by atoms with E-state index < -0.39 is 5.60 Å². The number of nitrogens with zero attached hydrogens (tertiary/aromatic N) is 1. The predicted molar refractivity (Wildman–Crippen MR) is 147 cm³/mol. The summed E-state index contributed by atoms with van der Waals surface area (Å²) in [4.78, 5) is 15.3. The smallest absolute Gasteiger partial charge is 0.225 e. The normalized spacial score (nSPS) is 23.3. The number of aryl methyl sites for hydroxylation is 1. The quantitative estimate of drug-likeness (QED) is 0.417. The molecule has 3 N–H and O–H groups in total. The molecule has 0 spiro atoms. The van der Waals surface area contributed by atoms with Crippen molar-refractivity contribution in [3.05, 3.63) is 53.3 Å². The fraction of sp³-hybridized carbons (Fsp3) is 0.581. The zero-order valence-corrected chi connectivity index (χ0v) is 23.0. The highest BCUT2D eigenvalue weighted by Gasteiger charge is 2.44. The molecule has 4 rings (SSSR count). The lowest BCUT2D eigenvalue weighted by Gasteiger charge is -2.44. The molecule has 1 saturated heterocycles. The van der Waals surface area contributed by atoms with Gasteiger partial charge in [-0.25, -0.2) is 4.39 Å². The van der Waals surface area contributed by atoms with Crippen molar-refractivity contribution in [2.45, 2.75) is 69.9 Å². The maximum Gasteiger partial charge on any atom is 0.225 e. The molecule has 0 radical (unpaired) electrons. The molecule has 1 saturated carbocycles. The Morgan fingerprint density at radius 2 is 2.00 bits per heavy atom. The number of piperidine rings is 1. The Morgan fingerprint density at radius 3 is 2.71 bits per heavy atom. The highest BCUT2D eigenvalue weighted by molar-refractivity contribution is 5.79. The average Bonchev–Trinajstić information content (AvgIpc) is 3.36. The SMILES string of the molecule is COCCCC[C@@](O)(c1cccc(F)c1-c1cc(C)cc(OC)c1)[C@H]1CCCN(C(=O)C2CCC(N)C2)C1. The second-order valence-corrected chi connectivity index (χ2v) is 11.2. The standard InChI is InChI=1S/C31H43FN2O4/c1-21-16-23(19-26(17-21)38-3)29-27(9-6-10-28(29)32)31(36,13-4-5-15-37-2)24-8-7-14-34(20-24)30(35)22-11-12-25(33)18-22/h6,9-10,16-17,19,22,24-25,36H,4-5,7-8,11-15,18,20,33H2,1-3H3/t22?,24-,25?,31-/m0/s1. The molecule has 208 valence electrons. The van der Waals surface area contributed by atoms with Crippen LogP contribution >= 0.6 is 0 Å². The molecule has 1 aliphatic heterocycles. The fourth-order valence-electron chi connectivity index (χ4n) is 6.45. The van der Waals surface area contributed by atoms with Crippen LogP contribution in [-0.2, 0) is 15.1 Å². The van der Waals surface area contributed by atoms with E-state index in [1.54, 1.807) is 20.3 Å². The van der Waals surface area contributed by atoms with Crippen LogP contribution in [0.1, 0.15) is 62.5 Å². The minimum Gasteiger partial charge on any atom is -0.497 e. The summed E-state index contributed by atoms with van der Waals surface area (Å²) in [6.07, 6.45) is 5.97. The molecule has 4 atom stereocenters. The van der Waals surface area contributed by atoms with Gasteiger partial charge in [0.2, 0.25) is 5.91 Å². The molecule has 2 aromatic carbocycles. The van der Waals surface area contributed by atoms with E-state index in [-0.39, 0.29) is 29.6 Å². The van der Waals surface area contributed by atoms with Gasteiger partial charge >= 0.3 is 0 Å². The minimum atomic E-state index is -1.31. The van der Waals surface area contributed by atoms with Crippen molar-refractivity contribution in [3.8, 4) is 16.9 Å². The van der Waals surface area contributed by atoms with Crippen LogP contribution in [0.15, 0.2) is 36.4 Å². The number of unbranched alkanes of at least 4 members (excludes halogenated alkanes) is 1. The fourth-order valence-corrected chi connectivity index (χ4v) is 6.45. The zero-order valence-electron chi connectivity index (χ0n) is 23.0. The summed E-state index contributed by atoms with van der Waals surface area (Å²) in [5.41, 5.74) is 7.38. The summed E-state index contributed by atoms with van der Waals surface area (Å²) in [7, 11) is 3.26. The van der Waals surface area contributed by atoms with Gasteiger partial charge in [0.15, 0.2) is 0 Å². The minimum absolute atomic E-state index is 0.0389. The second kappa shape index (κ2) is 12.6. The topological polar surface area (TPSA) is 85.0 Å². The summed E-state index contributed by atoms with van der Waals surface area (Å²) in [6, 6.07) is 10.7. The third-order valence-corrected chi connectivity index (χ3v) is 8.44. The lowest BCUT2D eigenvalue weighted by Crippen LogP contribution is -2.49. The number of ether oxygens (including phenoxy) is 2. The molecule has 6 nitrogen and oxygen atoms in total. The predicted octanol–water partition coefficient (Wildman–Crippen LogP) is 5.18. The van der Waals surface area contributed by atoms with Gasteiger partial charge in [-0.3, -0.25) is 4.79 Å². The van der Waals surface area contributed by atoms with Crippen LogP contribution < -0.4 is 10.5 Å². The van der Waals surface area contributed by atoms with Crippen molar-refractivity contribution in [3.63, 3.8) is 0 Å². The van der Waals surface area contributed by atoms with E-state index in [2.05, 4.69) is 0 Å². The first kappa shape index (κ1) is 28.5. The number of carbonyl (C=O) groups is 1. The number of hydrogen-bond acceptors (Lipinski definition) is 5. The second-order valence-electron chi connectivity index (χ2n) is 11.2. The van der Waals surface area contributed by atoms with E-state index in [1.807, 2.05) is 36.1 Å². The summed E-state index contributed by atoms with van der Waals surface area (Å²) >= 11 is 0. The maximum absolute atomic E-state index is 15.6. The van der Waals surface area contributed by atoms with Crippen molar-refractivity contribution in [2.75, 3.05) is 33.9 Å². The van der Waals surface area contributed by atoms with E-state index in [9.17, 15) is 9.90 Å².